The molecule has 3 aromatic rings. The fourth-order valence-corrected chi connectivity index (χ4v) is 3.76. The molecule has 31 heavy (non-hydrogen) atoms. The van der Waals surface area contributed by atoms with Gasteiger partial charge in [0, 0.05) is 24.8 Å². The Morgan fingerprint density at radius 2 is 1.87 bits per heavy atom. The second kappa shape index (κ2) is 8.14. The van der Waals surface area contributed by atoms with E-state index in [0.717, 1.165) is 17.7 Å². The number of carbonyl (C=O) groups excluding carboxylic acids is 2. The Kier molecular flexibility index (Phi) is 5.37. The highest BCUT2D eigenvalue weighted by atomic mass is 16.2. The van der Waals surface area contributed by atoms with Crippen LogP contribution in [0.4, 0.5) is 11.4 Å². The smallest absolute Gasteiger partial charge is 0.295 e. The molecule has 0 fully saturated rings. The predicted octanol–water partition coefficient (Wildman–Crippen LogP) is 2.21. The summed E-state index contributed by atoms with van der Waals surface area (Å²) in [5.74, 6) is -0.448. The van der Waals surface area contributed by atoms with Crippen LogP contribution in [0, 0.1) is 6.92 Å². The van der Waals surface area contributed by atoms with Gasteiger partial charge in [0.2, 0.25) is 5.91 Å². The highest BCUT2D eigenvalue weighted by molar-refractivity contribution is 5.99. The first-order chi connectivity index (χ1) is 14.9. The minimum Gasteiger partial charge on any atom is -0.374 e. The van der Waals surface area contributed by atoms with Crippen LogP contribution in [0.5, 0.6) is 0 Å². The Morgan fingerprint density at radius 1 is 1.13 bits per heavy atom. The number of carbonyl (C=O) groups is 2. The van der Waals surface area contributed by atoms with E-state index in [1.165, 1.54) is 4.68 Å². The number of para-hydroxylation sites is 1. The van der Waals surface area contributed by atoms with Gasteiger partial charge in [-0.25, -0.2) is 4.68 Å². The molecule has 1 aromatic heterocycles. The second-order valence-corrected chi connectivity index (χ2v) is 7.67. The monoisotopic (exact) mass is 419 g/mol. The van der Waals surface area contributed by atoms with E-state index in [2.05, 4.69) is 16.0 Å². The van der Waals surface area contributed by atoms with Crippen molar-refractivity contribution in [2.24, 2.45) is 7.05 Å². The summed E-state index contributed by atoms with van der Waals surface area (Å²) >= 11 is 0. The SMILES string of the molecule is Cc1c(NC(=O)C(C)Nc2ccc3c(c2)C(=O)NCC3)c(=O)n(-c2ccccc2)n1C. The predicted molar refractivity (Wildman–Crippen MR) is 120 cm³/mol. The van der Waals surface area contributed by atoms with Crippen molar-refractivity contribution >= 4 is 23.2 Å². The highest BCUT2D eigenvalue weighted by Gasteiger charge is 2.22. The number of fused-ring (bicyclic) bond motifs is 1. The van der Waals surface area contributed by atoms with Crippen LogP contribution >= 0.6 is 0 Å². The molecule has 160 valence electrons. The number of rotatable bonds is 5. The van der Waals surface area contributed by atoms with Gasteiger partial charge in [-0.05, 0) is 50.1 Å². The fourth-order valence-electron chi connectivity index (χ4n) is 3.76. The number of benzene rings is 2. The molecular formula is C23H25N5O3. The summed E-state index contributed by atoms with van der Waals surface area (Å²) in [7, 11) is 1.78. The number of nitrogens with zero attached hydrogens (tertiary/aromatic N) is 2. The maximum atomic E-state index is 13.0. The van der Waals surface area contributed by atoms with Crippen molar-refractivity contribution < 1.29 is 9.59 Å². The summed E-state index contributed by atoms with van der Waals surface area (Å²) in [6.45, 7) is 4.13. The van der Waals surface area contributed by atoms with Gasteiger partial charge in [0.1, 0.15) is 11.7 Å². The molecule has 4 rings (SSSR count). The summed E-state index contributed by atoms with van der Waals surface area (Å²) in [5.41, 5.74) is 3.61. The zero-order valence-corrected chi connectivity index (χ0v) is 17.7. The van der Waals surface area contributed by atoms with Crippen LogP contribution in [0.2, 0.25) is 0 Å². The van der Waals surface area contributed by atoms with E-state index in [-0.39, 0.29) is 23.1 Å². The maximum Gasteiger partial charge on any atom is 0.295 e. The molecular weight excluding hydrogens is 394 g/mol. The summed E-state index contributed by atoms with van der Waals surface area (Å²) in [5, 5.41) is 8.70. The molecule has 0 spiro atoms. The highest BCUT2D eigenvalue weighted by Crippen LogP contribution is 2.20. The quantitative estimate of drug-likeness (QED) is 0.591. The lowest BCUT2D eigenvalue weighted by Crippen LogP contribution is -2.34. The number of hydrogen-bond acceptors (Lipinski definition) is 4. The van der Waals surface area contributed by atoms with Crippen LogP contribution in [-0.2, 0) is 18.3 Å². The van der Waals surface area contributed by atoms with Crippen molar-refractivity contribution in [1.82, 2.24) is 14.7 Å². The van der Waals surface area contributed by atoms with E-state index in [9.17, 15) is 14.4 Å². The van der Waals surface area contributed by atoms with Gasteiger partial charge in [-0.3, -0.25) is 19.1 Å². The van der Waals surface area contributed by atoms with Crippen molar-refractivity contribution in [2.75, 3.05) is 17.2 Å². The van der Waals surface area contributed by atoms with Crippen LogP contribution in [0.3, 0.4) is 0 Å². The fraction of sp³-hybridized carbons (Fsp3) is 0.261. The lowest BCUT2D eigenvalue weighted by atomic mass is 9.99. The largest absolute Gasteiger partial charge is 0.374 e. The van der Waals surface area contributed by atoms with Crippen LogP contribution in [0.25, 0.3) is 5.69 Å². The third kappa shape index (κ3) is 3.84. The molecule has 3 N–H and O–H groups in total. The van der Waals surface area contributed by atoms with Gasteiger partial charge < -0.3 is 16.0 Å². The Bertz CT molecular complexity index is 1210. The van der Waals surface area contributed by atoms with E-state index in [0.29, 0.717) is 23.5 Å². The standard InChI is InChI=1S/C23H25N5O3/c1-14(25-17-10-9-16-11-12-24-22(30)19(16)13-17)21(29)26-20-15(2)27(3)28(23(20)31)18-7-5-4-6-8-18/h4-10,13-14,25H,11-12H2,1-3H3,(H,24,30)(H,26,29). The van der Waals surface area contributed by atoms with Gasteiger partial charge in [0.05, 0.1) is 11.4 Å². The molecule has 2 heterocycles. The van der Waals surface area contributed by atoms with E-state index in [1.54, 1.807) is 31.6 Å². The van der Waals surface area contributed by atoms with Crippen LogP contribution in [0.1, 0.15) is 28.5 Å². The second-order valence-electron chi connectivity index (χ2n) is 7.67. The molecule has 2 amide bonds. The van der Waals surface area contributed by atoms with Gasteiger partial charge in [-0.15, -0.1) is 0 Å². The van der Waals surface area contributed by atoms with Crippen LogP contribution in [-0.4, -0.2) is 33.8 Å². The van der Waals surface area contributed by atoms with E-state index in [1.807, 2.05) is 42.5 Å². The molecule has 0 bridgehead atoms. The molecule has 8 heteroatoms. The lowest BCUT2D eigenvalue weighted by Gasteiger charge is -2.19. The van der Waals surface area contributed by atoms with Crippen molar-refractivity contribution in [2.45, 2.75) is 26.3 Å². The molecule has 8 nitrogen and oxygen atoms in total. The number of amides is 2. The first kappa shape index (κ1) is 20.5. The molecule has 0 aliphatic carbocycles. The van der Waals surface area contributed by atoms with E-state index >= 15 is 0 Å². The van der Waals surface area contributed by atoms with E-state index in [4.69, 9.17) is 0 Å². The molecule has 2 aromatic carbocycles. The van der Waals surface area contributed by atoms with Gasteiger partial charge in [0.15, 0.2) is 0 Å². The summed E-state index contributed by atoms with van der Waals surface area (Å²) < 4.78 is 3.23. The van der Waals surface area contributed by atoms with Crippen LogP contribution in [0.15, 0.2) is 53.3 Å². The Hall–Kier alpha value is -3.81. The average molecular weight is 419 g/mol. The van der Waals surface area contributed by atoms with Crippen molar-refractivity contribution in [3.8, 4) is 5.69 Å². The summed E-state index contributed by atoms with van der Waals surface area (Å²) in [6, 6.07) is 14.2. The minimum atomic E-state index is -0.617. The average Bonchev–Trinajstić information content (AvgIpc) is 2.98. The van der Waals surface area contributed by atoms with Gasteiger partial charge in [-0.2, -0.15) is 0 Å². The first-order valence-corrected chi connectivity index (χ1v) is 10.2. The first-order valence-electron chi connectivity index (χ1n) is 10.2. The zero-order valence-electron chi connectivity index (χ0n) is 17.7. The Morgan fingerprint density at radius 3 is 2.61 bits per heavy atom. The Labute approximate surface area is 179 Å². The third-order valence-electron chi connectivity index (χ3n) is 5.61. The molecule has 1 aliphatic heterocycles. The minimum absolute atomic E-state index is 0.108. The summed E-state index contributed by atoms with van der Waals surface area (Å²) in [6.07, 6.45) is 0.790. The number of nitrogens with one attached hydrogen (secondary N) is 3. The topological polar surface area (TPSA) is 97.2 Å². The number of aromatic nitrogens is 2. The van der Waals surface area contributed by atoms with Gasteiger partial charge >= 0.3 is 0 Å². The normalized spacial score (nSPS) is 13.8. The third-order valence-corrected chi connectivity index (χ3v) is 5.61. The molecule has 0 saturated heterocycles. The Balaban J connectivity index is 1.53. The summed E-state index contributed by atoms with van der Waals surface area (Å²) in [4.78, 5) is 37.9. The van der Waals surface area contributed by atoms with Crippen molar-refractivity contribution in [1.29, 1.82) is 0 Å². The molecule has 1 atom stereocenters. The van der Waals surface area contributed by atoms with E-state index < -0.39 is 6.04 Å². The van der Waals surface area contributed by atoms with Gasteiger partial charge in [-0.1, -0.05) is 24.3 Å². The van der Waals surface area contributed by atoms with Crippen molar-refractivity contribution in [3.05, 3.63) is 75.7 Å². The molecule has 0 saturated carbocycles. The molecule has 1 unspecified atom stereocenters. The lowest BCUT2D eigenvalue weighted by molar-refractivity contribution is -0.116. The van der Waals surface area contributed by atoms with Crippen LogP contribution < -0.4 is 21.5 Å². The number of hydrogen-bond donors (Lipinski definition) is 3. The van der Waals surface area contributed by atoms with Crippen molar-refractivity contribution in [3.63, 3.8) is 0 Å². The zero-order chi connectivity index (χ0) is 22.1. The van der Waals surface area contributed by atoms with Gasteiger partial charge in [0.25, 0.3) is 11.5 Å². The molecule has 0 radical (unpaired) electrons. The molecule has 1 aliphatic rings. The maximum absolute atomic E-state index is 13.0. The number of anilines is 2.